The Morgan fingerprint density at radius 3 is 2.94 bits per heavy atom. The van der Waals surface area contributed by atoms with Crippen LogP contribution in [0.15, 0.2) is 18.3 Å². The van der Waals surface area contributed by atoms with Crippen molar-refractivity contribution in [2.75, 3.05) is 25.5 Å². The lowest BCUT2D eigenvalue weighted by Crippen LogP contribution is -2.33. The van der Waals surface area contributed by atoms with Gasteiger partial charge in [0.1, 0.15) is 5.82 Å². The molecule has 0 spiro atoms. The second kappa shape index (κ2) is 6.96. The summed E-state index contributed by atoms with van der Waals surface area (Å²) in [7, 11) is 1.68. The highest BCUT2D eigenvalue weighted by Crippen LogP contribution is 2.09. The Bertz CT molecular complexity index is 394. The second-order valence-electron chi connectivity index (χ2n) is 4.39. The lowest BCUT2D eigenvalue weighted by atomic mass is 10.2. The van der Waals surface area contributed by atoms with Gasteiger partial charge in [0.2, 0.25) is 0 Å². The van der Waals surface area contributed by atoms with E-state index in [1.807, 2.05) is 0 Å². The van der Waals surface area contributed by atoms with Crippen molar-refractivity contribution < 1.29 is 9.90 Å². The topological polar surface area (TPSA) is 65.5 Å². The number of aliphatic hydroxyl groups excluding tert-OH is 1. The molecule has 1 aromatic heterocycles. The van der Waals surface area contributed by atoms with Crippen molar-refractivity contribution in [1.82, 2.24) is 9.88 Å². The fourth-order valence-corrected chi connectivity index (χ4v) is 1.61. The number of nitrogens with zero attached hydrogens (tertiary/aromatic N) is 2. The van der Waals surface area contributed by atoms with Crippen LogP contribution in [0.25, 0.3) is 0 Å². The monoisotopic (exact) mass is 251 g/mol. The Labute approximate surface area is 108 Å². The highest BCUT2D eigenvalue weighted by molar-refractivity contribution is 5.94. The summed E-state index contributed by atoms with van der Waals surface area (Å²) >= 11 is 0. The second-order valence-corrected chi connectivity index (χ2v) is 4.39. The molecule has 1 unspecified atom stereocenters. The highest BCUT2D eigenvalue weighted by atomic mass is 16.3. The van der Waals surface area contributed by atoms with Crippen molar-refractivity contribution in [2.24, 2.45) is 0 Å². The summed E-state index contributed by atoms with van der Waals surface area (Å²) in [5, 5.41) is 12.4. The molecule has 0 aliphatic carbocycles. The van der Waals surface area contributed by atoms with Crippen LogP contribution in [0.4, 0.5) is 5.82 Å². The molecule has 1 aromatic rings. The SMILES string of the molecule is CCCNc1cc(C(=O)N(C)CC(C)O)ccn1. The number of hydrogen-bond acceptors (Lipinski definition) is 4. The summed E-state index contributed by atoms with van der Waals surface area (Å²) in [4.78, 5) is 17.7. The van der Waals surface area contributed by atoms with Crippen molar-refractivity contribution in [3.05, 3.63) is 23.9 Å². The van der Waals surface area contributed by atoms with Crippen LogP contribution in [0, 0.1) is 0 Å². The van der Waals surface area contributed by atoms with E-state index in [0.29, 0.717) is 17.9 Å². The maximum Gasteiger partial charge on any atom is 0.253 e. The van der Waals surface area contributed by atoms with Crippen molar-refractivity contribution in [3.8, 4) is 0 Å². The first-order valence-corrected chi connectivity index (χ1v) is 6.18. The van der Waals surface area contributed by atoms with Gasteiger partial charge in [-0.3, -0.25) is 4.79 Å². The smallest absolute Gasteiger partial charge is 0.253 e. The van der Waals surface area contributed by atoms with Crippen LogP contribution < -0.4 is 5.32 Å². The molecule has 2 N–H and O–H groups in total. The molecule has 0 aliphatic heterocycles. The fraction of sp³-hybridized carbons (Fsp3) is 0.538. The highest BCUT2D eigenvalue weighted by Gasteiger charge is 2.13. The van der Waals surface area contributed by atoms with Crippen molar-refractivity contribution in [3.63, 3.8) is 0 Å². The summed E-state index contributed by atoms with van der Waals surface area (Å²) in [5.41, 5.74) is 0.576. The number of likely N-dealkylation sites (N-methyl/N-ethyl adjacent to an activating group) is 1. The molecule has 5 heteroatoms. The Balaban J connectivity index is 2.73. The third-order valence-electron chi connectivity index (χ3n) is 2.45. The van der Waals surface area contributed by atoms with E-state index in [9.17, 15) is 9.90 Å². The molecule has 1 amide bonds. The van der Waals surface area contributed by atoms with Gasteiger partial charge in [0.25, 0.3) is 5.91 Å². The normalized spacial score (nSPS) is 12.0. The van der Waals surface area contributed by atoms with Gasteiger partial charge in [-0.15, -0.1) is 0 Å². The number of amides is 1. The zero-order chi connectivity index (χ0) is 13.5. The first kappa shape index (κ1) is 14.4. The number of rotatable bonds is 6. The summed E-state index contributed by atoms with van der Waals surface area (Å²) in [6.07, 6.45) is 2.09. The Morgan fingerprint density at radius 2 is 2.33 bits per heavy atom. The minimum Gasteiger partial charge on any atom is -0.392 e. The Hall–Kier alpha value is -1.62. The fourth-order valence-electron chi connectivity index (χ4n) is 1.61. The largest absolute Gasteiger partial charge is 0.392 e. The lowest BCUT2D eigenvalue weighted by molar-refractivity contribution is 0.0703. The molecule has 1 rings (SSSR count). The van der Waals surface area contributed by atoms with Gasteiger partial charge in [0.15, 0.2) is 0 Å². The first-order chi connectivity index (χ1) is 8.54. The predicted octanol–water partition coefficient (Wildman–Crippen LogP) is 1.36. The molecule has 0 saturated heterocycles. The Morgan fingerprint density at radius 1 is 1.61 bits per heavy atom. The number of hydrogen-bond donors (Lipinski definition) is 2. The van der Waals surface area contributed by atoms with Crippen molar-refractivity contribution >= 4 is 11.7 Å². The number of nitrogens with one attached hydrogen (secondary N) is 1. The average Bonchev–Trinajstić information content (AvgIpc) is 2.35. The molecule has 5 nitrogen and oxygen atoms in total. The molecule has 0 fully saturated rings. The maximum absolute atomic E-state index is 12.1. The van der Waals surface area contributed by atoms with Gasteiger partial charge in [-0.2, -0.15) is 0 Å². The van der Waals surface area contributed by atoms with Crippen molar-refractivity contribution in [2.45, 2.75) is 26.4 Å². The minimum absolute atomic E-state index is 0.113. The molecule has 0 aromatic carbocycles. The van der Waals surface area contributed by atoms with Crippen LogP contribution in [0.1, 0.15) is 30.6 Å². The first-order valence-electron chi connectivity index (χ1n) is 6.18. The Kier molecular flexibility index (Phi) is 5.58. The van der Waals surface area contributed by atoms with Crippen LogP contribution in [-0.4, -0.2) is 47.1 Å². The third-order valence-corrected chi connectivity index (χ3v) is 2.45. The van der Waals surface area contributed by atoms with Crippen LogP contribution in [-0.2, 0) is 0 Å². The van der Waals surface area contributed by atoms with E-state index in [2.05, 4.69) is 17.2 Å². The lowest BCUT2D eigenvalue weighted by Gasteiger charge is -2.19. The molecule has 0 saturated carbocycles. The number of carbonyl (C=O) groups is 1. The summed E-state index contributed by atoms with van der Waals surface area (Å²) in [6.45, 7) is 4.87. The van der Waals surface area contributed by atoms with E-state index < -0.39 is 6.10 Å². The van der Waals surface area contributed by atoms with Gasteiger partial charge in [0, 0.05) is 31.9 Å². The van der Waals surface area contributed by atoms with Gasteiger partial charge in [0.05, 0.1) is 6.10 Å². The molecule has 1 atom stereocenters. The van der Waals surface area contributed by atoms with Crippen LogP contribution in [0.5, 0.6) is 0 Å². The van der Waals surface area contributed by atoms with Gasteiger partial charge in [-0.25, -0.2) is 4.98 Å². The van der Waals surface area contributed by atoms with Gasteiger partial charge >= 0.3 is 0 Å². The van der Waals surface area contributed by atoms with E-state index in [1.165, 1.54) is 4.90 Å². The van der Waals surface area contributed by atoms with E-state index in [0.717, 1.165) is 13.0 Å². The van der Waals surface area contributed by atoms with Crippen LogP contribution in [0.2, 0.25) is 0 Å². The van der Waals surface area contributed by atoms with Crippen LogP contribution in [0.3, 0.4) is 0 Å². The van der Waals surface area contributed by atoms with E-state index in [-0.39, 0.29) is 5.91 Å². The summed E-state index contributed by atoms with van der Waals surface area (Å²) < 4.78 is 0. The quantitative estimate of drug-likeness (QED) is 0.801. The van der Waals surface area contributed by atoms with Gasteiger partial charge < -0.3 is 15.3 Å². The zero-order valence-electron chi connectivity index (χ0n) is 11.2. The molecule has 1 heterocycles. The van der Waals surface area contributed by atoms with Gasteiger partial charge in [-0.1, -0.05) is 6.92 Å². The predicted molar refractivity (Wildman–Crippen MR) is 71.7 cm³/mol. The molecular weight excluding hydrogens is 230 g/mol. The molecule has 100 valence electrons. The number of carbonyl (C=O) groups excluding carboxylic acids is 1. The number of anilines is 1. The molecule has 0 aliphatic rings. The molecule has 0 bridgehead atoms. The summed E-state index contributed by atoms with van der Waals surface area (Å²) in [6, 6.07) is 3.41. The average molecular weight is 251 g/mol. The van der Waals surface area contributed by atoms with Crippen LogP contribution >= 0.6 is 0 Å². The molecular formula is C13H21N3O2. The van der Waals surface area contributed by atoms with E-state index >= 15 is 0 Å². The number of aromatic nitrogens is 1. The van der Waals surface area contributed by atoms with Crippen molar-refractivity contribution in [1.29, 1.82) is 0 Å². The van der Waals surface area contributed by atoms with Gasteiger partial charge in [-0.05, 0) is 25.5 Å². The maximum atomic E-state index is 12.1. The number of pyridine rings is 1. The zero-order valence-corrected chi connectivity index (χ0v) is 11.2. The minimum atomic E-state index is -0.529. The standard InChI is InChI=1S/C13H21N3O2/c1-4-6-14-12-8-11(5-7-15-12)13(18)16(3)9-10(2)17/h5,7-8,10,17H,4,6,9H2,1-3H3,(H,14,15). The summed E-state index contributed by atoms with van der Waals surface area (Å²) in [5.74, 6) is 0.589. The number of aliphatic hydroxyl groups is 1. The third kappa shape index (κ3) is 4.33. The van der Waals surface area contributed by atoms with E-state index in [1.54, 1.807) is 32.3 Å². The van der Waals surface area contributed by atoms with E-state index in [4.69, 9.17) is 0 Å². The molecule has 0 radical (unpaired) electrons. The molecule has 18 heavy (non-hydrogen) atoms.